The van der Waals surface area contributed by atoms with E-state index >= 15 is 0 Å². The van der Waals surface area contributed by atoms with Crippen molar-refractivity contribution >= 4 is 0 Å². The highest BCUT2D eigenvalue weighted by atomic mass is 15.0. The molecule has 0 radical (unpaired) electrons. The van der Waals surface area contributed by atoms with Crippen molar-refractivity contribution in [2.24, 2.45) is 11.3 Å². The van der Waals surface area contributed by atoms with Crippen LogP contribution in [-0.2, 0) is 0 Å². The van der Waals surface area contributed by atoms with Gasteiger partial charge in [0, 0.05) is 6.04 Å². The summed E-state index contributed by atoms with van der Waals surface area (Å²) in [7, 11) is 0. The molecule has 1 heterocycles. The molecule has 1 N–H and O–H groups in total. The van der Waals surface area contributed by atoms with Crippen LogP contribution in [0.25, 0.3) is 0 Å². The number of hydrogen-bond acceptors (Lipinski definition) is 1. The first kappa shape index (κ1) is 5.72. The molecular weight excluding hydrogens is 110 g/mol. The predicted octanol–water partition coefficient (Wildman–Crippen LogP) is 1.39. The average molecular weight is 125 g/mol. The molecule has 0 spiro atoms. The summed E-state index contributed by atoms with van der Waals surface area (Å²) in [5, 5.41) is 3.55. The molecule has 2 fully saturated rings. The Hall–Kier alpha value is -0.0400. The molecule has 2 unspecified atom stereocenters. The van der Waals surface area contributed by atoms with Crippen molar-refractivity contribution in [3.05, 3.63) is 0 Å². The van der Waals surface area contributed by atoms with Gasteiger partial charge in [-0.2, -0.15) is 0 Å². The van der Waals surface area contributed by atoms with E-state index in [9.17, 15) is 0 Å². The molecule has 0 aromatic rings. The second-order valence-corrected chi connectivity index (χ2v) is 4.06. The van der Waals surface area contributed by atoms with Crippen LogP contribution < -0.4 is 5.32 Å². The monoisotopic (exact) mass is 125 g/mol. The molecule has 0 aromatic heterocycles. The first-order chi connectivity index (χ1) is 4.21. The van der Waals surface area contributed by atoms with Crippen molar-refractivity contribution < 1.29 is 0 Å². The normalized spacial score (nSPS) is 46.0. The SMILES string of the molecule is CC1(C)C2CCC1NC2. The van der Waals surface area contributed by atoms with Crippen molar-refractivity contribution in [1.82, 2.24) is 5.32 Å². The Kier molecular flexibility index (Phi) is 0.963. The van der Waals surface area contributed by atoms with Crippen LogP contribution in [0.4, 0.5) is 0 Å². The second-order valence-electron chi connectivity index (χ2n) is 4.06. The predicted molar refractivity (Wildman–Crippen MR) is 38.3 cm³/mol. The molecular formula is C8H15N. The molecule has 2 rings (SSSR count). The number of nitrogens with one attached hydrogen (secondary N) is 1. The molecule has 1 nitrogen and oxygen atoms in total. The summed E-state index contributed by atoms with van der Waals surface area (Å²) in [6.07, 6.45) is 2.88. The summed E-state index contributed by atoms with van der Waals surface area (Å²) >= 11 is 0. The number of fused-ring (bicyclic) bond motifs is 2. The third-order valence-corrected chi connectivity index (χ3v) is 3.36. The van der Waals surface area contributed by atoms with Crippen LogP contribution in [0.3, 0.4) is 0 Å². The van der Waals surface area contributed by atoms with E-state index in [1.807, 2.05) is 0 Å². The minimum absolute atomic E-state index is 0.611. The maximum atomic E-state index is 3.55. The molecule has 9 heavy (non-hydrogen) atoms. The lowest BCUT2D eigenvalue weighted by atomic mass is 9.83. The van der Waals surface area contributed by atoms with E-state index in [1.54, 1.807) is 0 Å². The van der Waals surface area contributed by atoms with Gasteiger partial charge in [0.1, 0.15) is 0 Å². The van der Waals surface area contributed by atoms with Gasteiger partial charge < -0.3 is 5.32 Å². The topological polar surface area (TPSA) is 12.0 Å². The third-order valence-electron chi connectivity index (χ3n) is 3.36. The quantitative estimate of drug-likeness (QED) is 0.516. The molecule has 2 bridgehead atoms. The lowest BCUT2D eigenvalue weighted by molar-refractivity contribution is 0.303. The zero-order valence-corrected chi connectivity index (χ0v) is 6.28. The van der Waals surface area contributed by atoms with Crippen LogP contribution in [0.15, 0.2) is 0 Å². The molecule has 0 aromatic carbocycles. The minimum Gasteiger partial charge on any atom is -0.313 e. The molecule has 1 heteroatoms. The average Bonchev–Trinajstić information content (AvgIpc) is 2.24. The molecule has 2 aliphatic rings. The molecule has 1 saturated heterocycles. The van der Waals surface area contributed by atoms with Gasteiger partial charge in [0.25, 0.3) is 0 Å². The van der Waals surface area contributed by atoms with Crippen LogP contribution >= 0.6 is 0 Å². The Morgan fingerprint density at radius 2 is 2.11 bits per heavy atom. The van der Waals surface area contributed by atoms with E-state index in [2.05, 4.69) is 19.2 Å². The Labute approximate surface area is 56.8 Å². The first-order valence-electron chi connectivity index (χ1n) is 3.94. The summed E-state index contributed by atoms with van der Waals surface area (Å²) in [6, 6.07) is 0.836. The third kappa shape index (κ3) is 0.586. The van der Waals surface area contributed by atoms with E-state index in [0.717, 1.165) is 12.0 Å². The number of piperidine rings is 1. The van der Waals surface area contributed by atoms with Crippen molar-refractivity contribution in [3.63, 3.8) is 0 Å². The van der Waals surface area contributed by atoms with Crippen molar-refractivity contribution in [1.29, 1.82) is 0 Å². The van der Waals surface area contributed by atoms with Crippen molar-refractivity contribution in [2.75, 3.05) is 6.54 Å². The van der Waals surface area contributed by atoms with Crippen molar-refractivity contribution in [2.45, 2.75) is 32.7 Å². The largest absolute Gasteiger partial charge is 0.313 e. The summed E-state index contributed by atoms with van der Waals surface area (Å²) in [5.74, 6) is 0.975. The highest BCUT2D eigenvalue weighted by molar-refractivity contribution is 5.02. The van der Waals surface area contributed by atoms with Crippen LogP contribution in [0.2, 0.25) is 0 Å². The van der Waals surface area contributed by atoms with Gasteiger partial charge in [-0.25, -0.2) is 0 Å². The Balaban J connectivity index is 2.26. The fraction of sp³-hybridized carbons (Fsp3) is 1.00. The summed E-state index contributed by atoms with van der Waals surface area (Å²) in [4.78, 5) is 0. The fourth-order valence-corrected chi connectivity index (χ4v) is 2.41. The lowest BCUT2D eigenvalue weighted by Crippen LogP contribution is -2.29. The fourth-order valence-electron chi connectivity index (χ4n) is 2.41. The maximum absolute atomic E-state index is 3.55. The van der Waals surface area contributed by atoms with Crippen LogP contribution in [-0.4, -0.2) is 12.6 Å². The Morgan fingerprint density at radius 3 is 2.22 bits per heavy atom. The molecule has 2 atom stereocenters. The molecule has 52 valence electrons. The van der Waals surface area contributed by atoms with Crippen LogP contribution in [0, 0.1) is 11.3 Å². The van der Waals surface area contributed by atoms with Gasteiger partial charge in [-0.15, -0.1) is 0 Å². The van der Waals surface area contributed by atoms with Gasteiger partial charge in [0.05, 0.1) is 0 Å². The van der Waals surface area contributed by atoms with E-state index in [4.69, 9.17) is 0 Å². The molecule has 1 saturated carbocycles. The molecule has 1 aliphatic carbocycles. The van der Waals surface area contributed by atoms with Gasteiger partial charge in [-0.1, -0.05) is 13.8 Å². The zero-order chi connectivity index (χ0) is 6.48. The van der Waals surface area contributed by atoms with Crippen molar-refractivity contribution in [3.8, 4) is 0 Å². The Bertz CT molecular complexity index is 107. The number of rotatable bonds is 0. The minimum atomic E-state index is 0.611. The summed E-state index contributed by atoms with van der Waals surface area (Å²) in [6.45, 7) is 6.07. The molecule has 1 aliphatic heterocycles. The van der Waals surface area contributed by atoms with E-state index in [1.165, 1.54) is 19.4 Å². The van der Waals surface area contributed by atoms with Gasteiger partial charge in [0.2, 0.25) is 0 Å². The standard InChI is InChI=1S/C8H15N/c1-8(2)6-3-4-7(8)9-5-6/h6-7,9H,3-5H2,1-2H3. The zero-order valence-electron chi connectivity index (χ0n) is 6.28. The maximum Gasteiger partial charge on any atom is 0.0122 e. The Morgan fingerprint density at radius 1 is 1.33 bits per heavy atom. The number of hydrogen-bond donors (Lipinski definition) is 1. The van der Waals surface area contributed by atoms with Gasteiger partial charge in [0.15, 0.2) is 0 Å². The first-order valence-corrected chi connectivity index (χ1v) is 3.94. The van der Waals surface area contributed by atoms with Crippen LogP contribution in [0.1, 0.15) is 26.7 Å². The van der Waals surface area contributed by atoms with Gasteiger partial charge in [-0.05, 0) is 30.7 Å². The smallest absolute Gasteiger partial charge is 0.0122 e. The van der Waals surface area contributed by atoms with Crippen LogP contribution in [0.5, 0.6) is 0 Å². The lowest BCUT2D eigenvalue weighted by Gasteiger charge is -2.22. The highest BCUT2D eigenvalue weighted by Gasteiger charge is 2.47. The van der Waals surface area contributed by atoms with E-state index in [-0.39, 0.29) is 0 Å². The summed E-state index contributed by atoms with van der Waals surface area (Å²) in [5.41, 5.74) is 0.611. The summed E-state index contributed by atoms with van der Waals surface area (Å²) < 4.78 is 0. The van der Waals surface area contributed by atoms with E-state index in [0.29, 0.717) is 5.41 Å². The van der Waals surface area contributed by atoms with E-state index < -0.39 is 0 Å². The van der Waals surface area contributed by atoms with Gasteiger partial charge in [-0.3, -0.25) is 0 Å². The highest BCUT2D eigenvalue weighted by Crippen LogP contribution is 2.46. The molecule has 0 amide bonds. The second kappa shape index (κ2) is 1.51. The van der Waals surface area contributed by atoms with Gasteiger partial charge >= 0.3 is 0 Å².